The molecule has 23 heavy (non-hydrogen) atoms. The molecule has 0 unspecified atom stereocenters. The Morgan fingerprint density at radius 1 is 1.26 bits per heavy atom. The number of aliphatic hydroxyl groups excluding tert-OH is 1. The number of rotatable bonds is 8. The zero-order chi connectivity index (χ0) is 17.3. The zero-order valence-electron chi connectivity index (χ0n) is 14.6. The topological polar surface area (TPSA) is 38.7 Å². The van der Waals surface area contributed by atoms with Crippen molar-refractivity contribution in [3.63, 3.8) is 0 Å². The van der Waals surface area contributed by atoms with Gasteiger partial charge in [0.15, 0.2) is 0 Å². The Labute approximate surface area is 141 Å². The summed E-state index contributed by atoms with van der Waals surface area (Å²) < 4.78 is 10.9. The quantitative estimate of drug-likeness (QED) is 0.447. The normalized spacial score (nSPS) is 13.6. The molecule has 0 aromatic heterocycles. The molecule has 0 aliphatic rings. The minimum Gasteiger partial charge on any atom is -0.497 e. The largest absolute Gasteiger partial charge is 0.497 e. The molecule has 0 aliphatic heterocycles. The van der Waals surface area contributed by atoms with Crippen LogP contribution >= 0.6 is 0 Å². The van der Waals surface area contributed by atoms with Gasteiger partial charge >= 0.3 is 0 Å². The van der Waals surface area contributed by atoms with Crippen molar-refractivity contribution in [2.45, 2.75) is 51.3 Å². The van der Waals surface area contributed by atoms with Crippen molar-refractivity contribution < 1.29 is 14.6 Å². The van der Waals surface area contributed by atoms with Gasteiger partial charge in [-0.2, -0.15) is 0 Å². The maximum atomic E-state index is 10.2. The second-order valence-electron chi connectivity index (χ2n) is 6.52. The Balaban J connectivity index is 2.45. The molecule has 4 heteroatoms. The van der Waals surface area contributed by atoms with Crippen molar-refractivity contribution in [2.75, 3.05) is 7.11 Å². The lowest BCUT2D eigenvalue weighted by atomic mass is 10.1. The third-order valence-corrected chi connectivity index (χ3v) is 4.17. The number of methoxy groups -OCH3 is 1. The summed E-state index contributed by atoms with van der Waals surface area (Å²) >= 11 is 0. The second kappa shape index (κ2) is 9.56. The van der Waals surface area contributed by atoms with Crippen molar-refractivity contribution in [3.05, 3.63) is 42.5 Å². The summed E-state index contributed by atoms with van der Waals surface area (Å²) in [5.74, 6) is 3.98. The fraction of sp³-hybridized carbons (Fsp3) is 0.474. The third kappa shape index (κ3) is 8.03. The highest BCUT2D eigenvalue weighted by atomic mass is 28.3. The van der Waals surface area contributed by atoms with Gasteiger partial charge in [0.1, 0.15) is 19.9 Å². The summed E-state index contributed by atoms with van der Waals surface area (Å²) in [5.41, 5.74) is 4.33. The summed E-state index contributed by atoms with van der Waals surface area (Å²) in [6.45, 7) is 10.8. The van der Waals surface area contributed by atoms with Crippen molar-refractivity contribution in [3.8, 4) is 17.2 Å². The van der Waals surface area contributed by atoms with Gasteiger partial charge in [-0.3, -0.25) is 0 Å². The Morgan fingerprint density at radius 3 is 2.43 bits per heavy atom. The fourth-order valence-corrected chi connectivity index (χ4v) is 2.62. The molecule has 0 heterocycles. The first kappa shape index (κ1) is 19.5. The van der Waals surface area contributed by atoms with E-state index in [1.807, 2.05) is 24.3 Å². The van der Waals surface area contributed by atoms with E-state index >= 15 is 0 Å². The van der Waals surface area contributed by atoms with Gasteiger partial charge in [0.2, 0.25) is 0 Å². The number of ether oxygens (including phenoxy) is 2. The number of hydrogen-bond acceptors (Lipinski definition) is 3. The molecule has 126 valence electrons. The molecule has 1 aromatic carbocycles. The van der Waals surface area contributed by atoms with E-state index in [-0.39, 0.29) is 6.10 Å². The lowest BCUT2D eigenvalue weighted by Crippen LogP contribution is -2.26. The van der Waals surface area contributed by atoms with Crippen LogP contribution in [-0.2, 0) is 11.3 Å². The molecule has 3 nitrogen and oxygen atoms in total. The average molecular weight is 333 g/mol. The first-order valence-electron chi connectivity index (χ1n) is 7.91. The molecule has 0 bridgehead atoms. The molecule has 0 aliphatic carbocycles. The Bertz CT molecular complexity index is 534. The van der Waals surface area contributed by atoms with Gasteiger partial charge in [-0.25, -0.2) is 0 Å². The molecule has 0 saturated heterocycles. The monoisotopic (exact) mass is 332 g/mol. The van der Waals surface area contributed by atoms with Gasteiger partial charge in [0.25, 0.3) is 0 Å². The van der Waals surface area contributed by atoms with Crippen LogP contribution in [0.1, 0.15) is 18.4 Å². The lowest BCUT2D eigenvalue weighted by Gasteiger charge is -2.19. The van der Waals surface area contributed by atoms with Gasteiger partial charge in [-0.15, -0.1) is 18.0 Å². The highest BCUT2D eigenvalue weighted by Crippen LogP contribution is 2.14. The van der Waals surface area contributed by atoms with Crippen LogP contribution in [0.3, 0.4) is 0 Å². The van der Waals surface area contributed by atoms with E-state index in [2.05, 4.69) is 37.7 Å². The maximum absolute atomic E-state index is 10.2. The van der Waals surface area contributed by atoms with Crippen LogP contribution in [0.5, 0.6) is 5.75 Å². The van der Waals surface area contributed by atoms with Crippen molar-refractivity contribution in [1.82, 2.24) is 0 Å². The smallest absolute Gasteiger partial charge is 0.129 e. The highest BCUT2D eigenvalue weighted by Gasteiger charge is 2.16. The van der Waals surface area contributed by atoms with Crippen LogP contribution in [0, 0.1) is 11.5 Å². The number of hydrogen-bond donors (Lipinski definition) is 1. The average Bonchev–Trinajstić information content (AvgIpc) is 2.52. The molecule has 0 radical (unpaired) electrons. The third-order valence-electron chi connectivity index (χ3n) is 3.24. The van der Waals surface area contributed by atoms with Crippen LogP contribution in [0.25, 0.3) is 0 Å². The minimum atomic E-state index is -1.34. The van der Waals surface area contributed by atoms with Crippen LogP contribution in [-0.4, -0.2) is 32.5 Å². The van der Waals surface area contributed by atoms with E-state index in [9.17, 15) is 5.11 Å². The molecule has 0 amide bonds. The number of benzene rings is 1. The predicted octanol–water partition coefficient (Wildman–Crippen LogP) is 3.79. The molecule has 1 N–H and O–H groups in total. The maximum Gasteiger partial charge on any atom is 0.129 e. The first-order valence-corrected chi connectivity index (χ1v) is 11.4. The van der Waals surface area contributed by atoms with Crippen molar-refractivity contribution in [1.29, 1.82) is 0 Å². The Kier molecular flexibility index (Phi) is 8.11. The van der Waals surface area contributed by atoms with E-state index < -0.39 is 14.2 Å². The molecule has 2 atom stereocenters. The van der Waals surface area contributed by atoms with Crippen molar-refractivity contribution >= 4 is 8.07 Å². The summed E-state index contributed by atoms with van der Waals surface area (Å²) in [5, 5.41) is 10.2. The van der Waals surface area contributed by atoms with Crippen LogP contribution < -0.4 is 4.74 Å². The molecular formula is C19H28O3Si. The van der Waals surface area contributed by atoms with Gasteiger partial charge in [0.05, 0.1) is 19.8 Å². The second-order valence-corrected chi connectivity index (χ2v) is 11.3. The van der Waals surface area contributed by atoms with Crippen LogP contribution in [0.4, 0.5) is 0 Å². The summed E-state index contributed by atoms with van der Waals surface area (Å²) in [6.07, 6.45) is 1.96. The predicted molar refractivity (Wildman–Crippen MR) is 98.1 cm³/mol. The molecule has 0 fully saturated rings. The zero-order valence-corrected chi connectivity index (χ0v) is 15.6. The standard InChI is InChI=1S/C19H28O3Si/c1-6-19(18(20)9-7-8-14-23(3,4)5)22-15-16-10-12-17(21-2)13-11-16/h6,10-13,18-20H,1,7,9,15H2,2-5H3/t18-,19+/m0/s1. The number of aliphatic hydroxyl groups is 1. The first-order chi connectivity index (χ1) is 10.9. The van der Waals surface area contributed by atoms with E-state index in [1.165, 1.54) is 0 Å². The van der Waals surface area contributed by atoms with Gasteiger partial charge < -0.3 is 14.6 Å². The van der Waals surface area contributed by atoms with Gasteiger partial charge in [-0.1, -0.05) is 37.8 Å². The van der Waals surface area contributed by atoms with Gasteiger partial charge in [-0.05, 0) is 24.1 Å². The van der Waals surface area contributed by atoms with Crippen LogP contribution in [0.15, 0.2) is 36.9 Å². The molecule has 0 spiro atoms. The van der Waals surface area contributed by atoms with E-state index in [1.54, 1.807) is 13.2 Å². The Hall–Kier alpha value is -1.54. The molecule has 1 rings (SSSR count). The van der Waals surface area contributed by atoms with Crippen LogP contribution in [0.2, 0.25) is 19.6 Å². The fourth-order valence-electron chi connectivity index (χ4n) is 1.96. The molecular weight excluding hydrogens is 304 g/mol. The van der Waals surface area contributed by atoms with Crippen molar-refractivity contribution in [2.24, 2.45) is 0 Å². The van der Waals surface area contributed by atoms with E-state index in [4.69, 9.17) is 9.47 Å². The highest BCUT2D eigenvalue weighted by molar-refractivity contribution is 6.83. The summed E-state index contributed by atoms with van der Waals surface area (Å²) in [7, 11) is 0.303. The minimum absolute atomic E-state index is 0.384. The SMILES string of the molecule is C=C[C@@H](OCc1ccc(OC)cc1)[C@@H](O)CCC#C[Si](C)(C)C. The van der Waals surface area contributed by atoms with E-state index in [0.717, 1.165) is 11.3 Å². The summed E-state index contributed by atoms with van der Waals surface area (Å²) in [4.78, 5) is 0. The Morgan fingerprint density at radius 2 is 1.91 bits per heavy atom. The van der Waals surface area contributed by atoms with E-state index in [0.29, 0.717) is 19.4 Å². The summed E-state index contributed by atoms with van der Waals surface area (Å²) in [6, 6.07) is 7.68. The molecule has 0 saturated carbocycles. The lowest BCUT2D eigenvalue weighted by molar-refractivity contribution is -0.0208. The van der Waals surface area contributed by atoms with Gasteiger partial charge in [0, 0.05) is 6.42 Å². The molecule has 1 aromatic rings.